The van der Waals surface area contributed by atoms with Crippen LogP contribution in [0.5, 0.6) is 0 Å². The van der Waals surface area contributed by atoms with Crippen molar-refractivity contribution >= 4 is 34.5 Å². The normalized spacial score (nSPS) is 12.9. The summed E-state index contributed by atoms with van der Waals surface area (Å²) in [5, 5.41) is 0.810. The van der Waals surface area contributed by atoms with Crippen LogP contribution in [-0.4, -0.2) is 31.1 Å². The number of alkyl halides is 3. The number of nitrogens with one attached hydrogen (secondary N) is 2. The third-order valence-electron chi connectivity index (χ3n) is 3.90. The fourth-order valence-corrected chi connectivity index (χ4v) is 3.46. The summed E-state index contributed by atoms with van der Waals surface area (Å²) in [6.45, 7) is 1.53. The van der Waals surface area contributed by atoms with E-state index in [1.807, 2.05) is 0 Å². The minimum absolute atomic E-state index is 0.0744. The molecule has 0 bridgehead atoms. The molecule has 160 valence electrons. The molecule has 0 saturated heterocycles. The fourth-order valence-electron chi connectivity index (χ4n) is 2.48. The highest BCUT2D eigenvalue weighted by molar-refractivity contribution is 8.00. The molecule has 0 saturated carbocycles. The molecule has 0 aliphatic heterocycles. The molecule has 1 atom stereocenters. The summed E-state index contributed by atoms with van der Waals surface area (Å²) < 4.78 is 93.5. The lowest BCUT2D eigenvalue weighted by atomic mass is 10.1. The van der Waals surface area contributed by atoms with Gasteiger partial charge in [0.15, 0.2) is 28.9 Å². The molecule has 3 rings (SSSR count). The summed E-state index contributed by atoms with van der Waals surface area (Å²) in [5.74, 6) is -11.2. The van der Waals surface area contributed by atoms with Crippen molar-refractivity contribution in [2.45, 2.75) is 29.8 Å². The van der Waals surface area contributed by atoms with Gasteiger partial charge in [0.1, 0.15) is 28.1 Å². The van der Waals surface area contributed by atoms with Crippen LogP contribution in [0.4, 0.5) is 36.4 Å². The zero-order chi connectivity index (χ0) is 22.2. The number of aromatic amines is 1. The number of rotatable bonds is 5. The summed E-state index contributed by atoms with van der Waals surface area (Å²) in [6, 6.07) is 0. The van der Waals surface area contributed by atoms with Crippen molar-refractivity contribution < 1.29 is 35.5 Å². The Hall–Kier alpha value is -2.90. The number of anilines is 1. The van der Waals surface area contributed by atoms with Crippen LogP contribution in [0.25, 0.3) is 11.2 Å². The number of aromatic nitrogens is 4. The molecule has 0 fully saturated rings. The van der Waals surface area contributed by atoms with E-state index in [0.29, 0.717) is 5.52 Å². The van der Waals surface area contributed by atoms with Crippen LogP contribution in [0.1, 0.15) is 18.9 Å². The smallest absolute Gasteiger partial charge is 0.341 e. The molecule has 1 amide bonds. The molecule has 3 aromatic rings. The van der Waals surface area contributed by atoms with Gasteiger partial charge < -0.3 is 10.3 Å². The number of carbonyl (C=O) groups excluding carboxylic acids is 1. The third kappa shape index (κ3) is 3.91. The molecule has 14 heteroatoms. The number of H-pyrrole nitrogens is 1. The molecular formula is C16H10F7N5OS. The molecular weight excluding hydrogens is 443 g/mol. The number of thioether (sulfide) groups is 1. The number of hydrogen-bond donors (Lipinski definition) is 2. The highest BCUT2D eigenvalue weighted by Crippen LogP contribution is 2.39. The molecule has 2 aromatic heterocycles. The Morgan fingerprint density at radius 3 is 2.30 bits per heavy atom. The lowest BCUT2D eigenvalue weighted by molar-refractivity contribution is -0.143. The number of amides is 1. The maximum Gasteiger partial charge on any atom is 0.422 e. The lowest BCUT2D eigenvalue weighted by Crippen LogP contribution is -2.27. The van der Waals surface area contributed by atoms with Crippen LogP contribution in [0.15, 0.2) is 17.7 Å². The average Bonchev–Trinajstić information content (AvgIpc) is 3.16. The van der Waals surface area contributed by atoms with Crippen LogP contribution in [0, 0.1) is 23.3 Å². The molecule has 0 unspecified atom stereocenters. The predicted molar refractivity (Wildman–Crippen MR) is 91.5 cm³/mol. The van der Waals surface area contributed by atoms with Gasteiger partial charge in [-0.05, 0) is 6.42 Å². The monoisotopic (exact) mass is 453 g/mol. The van der Waals surface area contributed by atoms with Gasteiger partial charge in [-0.25, -0.2) is 32.5 Å². The van der Waals surface area contributed by atoms with Gasteiger partial charge in [0, 0.05) is 0 Å². The van der Waals surface area contributed by atoms with Crippen molar-refractivity contribution in [2.24, 2.45) is 0 Å². The fraction of sp³-hybridized carbons (Fsp3) is 0.250. The topological polar surface area (TPSA) is 83.6 Å². The van der Waals surface area contributed by atoms with Crippen molar-refractivity contribution in [1.29, 1.82) is 0 Å². The Labute approximate surface area is 167 Å². The number of imidazole rings is 1. The number of halogens is 7. The van der Waals surface area contributed by atoms with Crippen LogP contribution in [0.3, 0.4) is 0 Å². The first-order valence-corrected chi connectivity index (χ1v) is 8.98. The van der Waals surface area contributed by atoms with Crippen LogP contribution in [-0.2, 0) is 11.0 Å². The molecule has 6 nitrogen and oxygen atoms in total. The summed E-state index contributed by atoms with van der Waals surface area (Å²) in [7, 11) is 0. The summed E-state index contributed by atoms with van der Waals surface area (Å²) in [4.78, 5) is 26.9. The van der Waals surface area contributed by atoms with Gasteiger partial charge in [-0.3, -0.25) is 4.79 Å². The molecule has 2 N–H and O–H groups in total. The van der Waals surface area contributed by atoms with E-state index in [4.69, 9.17) is 0 Å². The van der Waals surface area contributed by atoms with Gasteiger partial charge in [-0.1, -0.05) is 18.7 Å². The molecule has 0 radical (unpaired) electrons. The maximum atomic E-state index is 14.0. The van der Waals surface area contributed by atoms with E-state index >= 15 is 0 Å². The second-order valence-electron chi connectivity index (χ2n) is 5.79. The van der Waals surface area contributed by atoms with Crippen molar-refractivity contribution in [3.8, 4) is 0 Å². The predicted octanol–water partition coefficient (Wildman–Crippen LogP) is 4.44. The molecule has 0 spiro atoms. The first-order chi connectivity index (χ1) is 14.1. The summed E-state index contributed by atoms with van der Waals surface area (Å²) >= 11 is 0.831. The van der Waals surface area contributed by atoms with Gasteiger partial charge in [-0.15, -0.1) is 0 Å². The van der Waals surface area contributed by atoms with E-state index in [2.05, 4.69) is 19.9 Å². The van der Waals surface area contributed by atoms with E-state index in [1.54, 1.807) is 5.32 Å². The minimum Gasteiger partial charge on any atom is -0.341 e. The SMILES string of the molecule is CC[C@@H](Sc1ncnc2nc[nH]c12)C(=O)Nc1c(F)c(F)c(C(F)(F)F)c(F)c1F. The molecule has 0 aliphatic rings. The number of carbonyl (C=O) groups is 1. The molecule has 30 heavy (non-hydrogen) atoms. The van der Waals surface area contributed by atoms with Crippen LogP contribution in [0.2, 0.25) is 0 Å². The van der Waals surface area contributed by atoms with E-state index in [-0.39, 0.29) is 17.1 Å². The van der Waals surface area contributed by atoms with E-state index < -0.39 is 51.9 Å². The van der Waals surface area contributed by atoms with Crippen molar-refractivity contribution in [1.82, 2.24) is 19.9 Å². The van der Waals surface area contributed by atoms with Gasteiger partial charge in [0.05, 0.1) is 11.6 Å². The number of fused-ring (bicyclic) bond motifs is 1. The Morgan fingerprint density at radius 1 is 1.10 bits per heavy atom. The van der Waals surface area contributed by atoms with Crippen molar-refractivity contribution in [3.05, 3.63) is 41.5 Å². The van der Waals surface area contributed by atoms with E-state index in [9.17, 15) is 35.5 Å². The Morgan fingerprint density at radius 2 is 1.73 bits per heavy atom. The highest BCUT2D eigenvalue weighted by atomic mass is 32.2. The van der Waals surface area contributed by atoms with Crippen LogP contribution < -0.4 is 5.32 Å². The van der Waals surface area contributed by atoms with E-state index in [1.165, 1.54) is 13.3 Å². The van der Waals surface area contributed by atoms with Gasteiger partial charge >= 0.3 is 6.18 Å². The lowest BCUT2D eigenvalue weighted by Gasteiger charge is -2.17. The quantitative estimate of drug-likeness (QED) is 0.258. The first kappa shape index (κ1) is 21.8. The number of hydrogen-bond acceptors (Lipinski definition) is 5. The first-order valence-electron chi connectivity index (χ1n) is 8.10. The zero-order valence-electron chi connectivity index (χ0n) is 14.7. The van der Waals surface area contributed by atoms with Crippen LogP contribution >= 0.6 is 11.8 Å². The Bertz CT molecular complexity index is 1090. The highest BCUT2D eigenvalue weighted by Gasteiger charge is 2.42. The molecule has 0 aliphatic carbocycles. The standard InChI is InChI=1S/C16H10F7N5OS/c1-2-5(30-15-12-13(25-3-24-12)26-4-27-15)14(29)28-11-9(19)7(17)6(16(21,22)23)8(18)10(11)20/h3-5H,2H2,1H3,(H,28,29)(H,24,25,26,27)/t5-/m1/s1. The number of benzene rings is 1. The summed E-state index contributed by atoms with van der Waals surface area (Å²) in [5.41, 5.74) is -3.72. The largest absolute Gasteiger partial charge is 0.422 e. The van der Waals surface area contributed by atoms with Gasteiger partial charge in [-0.2, -0.15) is 13.2 Å². The third-order valence-corrected chi connectivity index (χ3v) is 5.27. The second-order valence-corrected chi connectivity index (χ2v) is 6.98. The van der Waals surface area contributed by atoms with Gasteiger partial charge in [0.25, 0.3) is 0 Å². The average molecular weight is 453 g/mol. The van der Waals surface area contributed by atoms with E-state index in [0.717, 1.165) is 18.1 Å². The number of nitrogens with zero attached hydrogens (tertiary/aromatic N) is 3. The van der Waals surface area contributed by atoms with Crippen molar-refractivity contribution in [3.63, 3.8) is 0 Å². The van der Waals surface area contributed by atoms with Crippen molar-refractivity contribution in [2.75, 3.05) is 5.32 Å². The Kier molecular flexibility index (Phi) is 5.87. The van der Waals surface area contributed by atoms with Gasteiger partial charge in [0.2, 0.25) is 5.91 Å². The summed E-state index contributed by atoms with van der Waals surface area (Å²) in [6.07, 6.45) is -3.12. The Balaban J connectivity index is 1.92. The maximum absolute atomic E-state index is 14.0. The zero-order valence-corrected chi connectivity index (χ0v) is 15.6. The molecule has 1 aromatic carbocycles. The second kappa shape index (κ2) is 8.08. The minimum atomic E-state index is -5.68. The molecule has 2 heterocycles.